The second-order valence-corrected chi connectivity index (χ2v) is 5.45. The summed E-state index contributed by atoms with van der Waals surface area (Å²) in [5.41, 5.74) is 0. The molecule has 0 N–H and O–H groups in total. The summed E-state index contributed by atoms with van der Waals surface area (Å²) in [4.78, 5) is 56.5. The molecule has 24 nitrogen and oxygen atoms in total. The molecule has 0 fully saturated rings. The fourth-order valence-corrected chi connectivity index (χ4v) is 2.11. The predicted octanol–water partition coefficient (Wildman–Crippen LogP) is -0.924. The van der Waals surface area contributed by atoms with E-state index in [1.807, 2.05) is 0 Å². The van der Waals surface area contributed by atoms with Crippen molar-refractivity contribution >= 4 is 0 Å². The van der Waals surface area contributed by atoms with Crippen molar-refractivity contribution in [1.29, 1.82) is 0 Å². The lowest BCUT2D eigenvalue weighted by atomic mass is 10.2. The topological polar surface area (TPSA) is 307 Å². The molecule has 198 valence electrons. The molecule has 0 unspecified atom stereocenters. The van der Waals surface area contributed by atoms with Crippen molar-refractivity contribution in [2.45, 2.75) is 17.4 Å². The van der Waals surface area contributed by atoms with Crippen molar-refractivity contribution in [1.82, 2.24) is 31.0 Å². The van der Waals surface area contributed by atoms with E-state index >= 15 is 0 Å². The Balaban J connectivity index is 4.66. The average molecular weight is 546 g/mol. The van der Waals surface area contributed by atoms with Gasteiger partial charge in [0, 0.05) is 0 Å². The van der Waals surface area contributed by atoms with Crippen LogP contribution >= 0.6 is 0 Å². The largest absolute Gasteiger partial charge is 0.636 e. The lowest BCUT2D eigenvalue weighted by molar-refractivity contribution is -0.869. The number of halogens is 6. The lowest BCUT2D eigenvalue weighted by Crippen LogP contribution is -2.58. The van der Waals surface area contributed by atoms with Crippen LogP contribution in [-0.4, -0.2) is 60.5 Å². The highest BCUT2D eigenvalue weighted by atomic mass is 19.4. The van der Waals surface area contributed by atoms with Gasteiger partial charge in [-0.3, -0.25) is 60.7 Å². The van der Waals surface area contributed by atoms with E-state index in [9.17, 15) is 87.6 Å². The van der Waals surface area contributed by atoms with Crippen LogP contribution in [0.2, 0.25) is 0 Å². The second-order valence-electron chi connectivity index (χ2n) is 5.45. The first-order valence-corrected chi connectivity index (χ1v) is 7.31. The second kappa shape index (κ2) is 9.25. The number of hydrogen-bond donors (Lipinski definition) is 0. The van der Waals surface area contributed by atoms with Gasteiger partial charge in [-0.2, -0.15) is 15.0 Å². The highest BCUT2D eigenvalue weighted by molar-refractivity contribution is 5.08. The number of hydrogen-bond acceptors (Lipinski definition) is 18. The quantitative estimate of drug-likeness (QED) is 0.100. The van der Waals surface area contributed by atoms with Crippen molar-refractivity contribution in [3.63, 3.8) is 0 Å². The van der Waals surface area contributed by atoms with Crippen molar-refractivity contribution in [3.8, 4) is 0 Å². The first-order chi connectivity index (χ1) is 16.3. The van der Waals surface area contributed by atoms with E-state index in [1.54, 1.807) is 0 Å². The van der Waals surface area contributed by atoms with Gasteiger partial charge in [-0.1, -0.05) is 26.9 Å². The van der Waals surface area contributed by atoms with E-state index in [1.165, 1.54) is 0 Å². The summed E-state index contributed by atoms with van der Waals surface area (Å²) in [6.45, 7) is 0. The SMILES string of the molecule is O=[N+]([O-])C(c1nc(C(N(F)F)([N+](=O)[O-])[N+](=O)[O-])nc(C(N(F)F)([N+](=O)[O-])[N+](=O)[O-])n1)(N(F)F)[N+](=O)[O-]. The summed E-state index contributed by atoms with van der Waals surface area (Å²) in [5, 5.41) is 57.4. The molecule has 0 spiro atoms. The van der Waals surface area contributed by atoms with Gasteiger partial charge in [0.1, 0.15) is 29.5 Å². The Hall–Kier alpha value is -5.13. The van der Waals surface area contributed by atoms with Gasteiger partial charge in [-0.05, 0) is 0 Å². The Kier molecular flexibility index (Phi) is 7.43. The molecule has 0 saturated carbocycles. The fourth-order valence-electron chi connectivity index (χ4n) is 2.11. The van der Waals surface area contributed by atoms with Gasteiger partial charge < -0.3 is 0 Å². The highest BCUT2D eigenvalue weighted by Crippen LogP contribution is 2.36. The minimum atomic E-state index is -5.60. The van der Waals surface area contributed by atoms with Crippen LogP contribution in [0, 0.1) is 60.7 Å². The molecule has 0 aromatic carbocycles. The van der Waals surface area contributed by atoms with Crippen LogP contribution in [0.4, 0.5) is 26.9 Å². The molecule has 1 rings (SSSR count). The average Bonchev–Trinajstić information content (AvgIpc) is 2.66. The van der Waals surface area contributed by atoms with E-state index < -0.39 is 80.4 Å². The smallest absolute Gasteiger partial charge is 0.257 e. The van der Waals surface area contributed by atoms with Crippen LogP contribution in [0.5, 0.6) is 0 Å². The molecule has 30 heteroatoms. The standard InChI is InChI=1S/C6F6N12O12/c7-16(8)4(19(25)26,20(27)28)1-13-2(5(17(9)10,21(29)30)22(31)32)15-3(14-1)6(18(11)12,23(33)34)24(35)36. The minimum Gasteiger partial charge on any atom is -0.257 e. The van der Waals surface area contributed by atoms with E-state index in [0.717, 1.165) is 0 Å². The molecule has 0 bridgehead atoms. The Bertz CT molecular complexity index is 956. The highest BCUT2D eigenvalue weighted by Gasteiger charge is 2.78. The number of nitrogens with zero attached hydrogens (tertiary/aromatic N) is 12. The van der Waals surface area contributed by atoms with Gasteiger partial charge in [0.25, 0.3) is 0 Å². The summed E-state index contributed by atoms with van der Waals surface area (Å²) in [6, 6.07) is 0. The van der Waals surface area contributed by atoms with Crippen LogP contribution in [0.1, 0.15) is 17.5 Å². The molecule has 0 radical (unpaired) electrons. The predicted molar refractivity (Wildman–Crippen MR) is 79.0 cm³/mol. The van der Waals surface area contributed by atoms with Crippen molar-refractivity contribution in [2.75, 3.05) is 0 Å². The Morgan fingerprint density at radius 2 is 0.583 bits per heavy atom. The maximum atomic E-state index is 13.3. The zero-order chi connectivity index (χ0) is 28.5. The molecule has 0 aliphatic carbocycles. The van der Waals surface area contributed by atoms with Crippen LogP contribution in [-0.2, 0) is 17.4 Å². The molecule has 0 atom stereocenters. The number of rotatable bonds is 12. The lowest BCUT2D eigenvalue weighted by Gasteiger charge is -2.19. The van der Waals surface area contributed by atoms with Crippen LogP contribution < -0.4 is 0 Å². The van der Waals surface area contributed by atoms with Crippen molar-refractivity contribution in [2.24, 2.45) is 0 Å². The molecule has 0 aliphatic heterocycles. The summed E-state index contributed by atoms with van der Waals surface area (Å²) < 4.78 is 80.1. The van der Waals surface area contributed by atoms with Crippen molar-refractivity contribution < 1.29 is 56.4 Å². The van der Waals surface area contributed by atoms with E-state index in [4.69, 9.17) is 0 Å². The minimum absolute atomic E-state index is 2.06. The van der Waals surface area contributed by atoms with Gasteiger partial charge in [0.05, 0.1) is 0 Å². The molecule has 0 saturated heterocycles. The first kappa shape index (κ1) is 28.9. The third-order valence-electron chi connectivity index (χ3n) is 3.77. The summed E-state index contributed by atoms with van der Waals surface area (Å²) in [6.07, 6.45) is 0. The Morgan fingerprint density at radius 3 is 0.667 bits per heavy atom. The third kappa shape index (κ3) is 3.60. The van der Waals surface area contributed by atoms with E-state index in [-0.39, 0.29) is 0 Å². The molecule has 1 heterocycles. The summed E-state index contributed by atoms with van der Waals surface area (Å²) in [5.74, 6) is -26.2. The zero-order valence-corrected chi connectivity index (χ0v) is 15.5. The van der Waals surface area contributed by atoms with Gasteiger partial charge in [0.2, 0.25) is 0 Å². The van der Waals surface area contributed by atoms with Crippen molar-refractivity contribution in [3.05, 3.63) is 78.2 Å². The molecule has 1 aromatic rings. The zero-order valence-electron chi connectivity index (χ0n) is 15.5. The third-order valence-corrected chi connectivity index (χ3v) is 3.77. The molecule has 1 aromatic heterocycles. The van der Waals surface area contributed by atoms with E-state index in [0.29, 0.717) is 0 Å². The van der Waals surface area contributed by atoms with Crippen LogP contribution in [0.25, 0.3) is 0 Å². The molecular formula is C6F6N12O12. The maximum absolute atomic E-state index is 13.3. The normalized spacial score (nSPS) is 12.6. The van der Waals surface area contributed by atoms with Gasteiger partial charge in [-0.15, -0.1) is 0 Å². The number of aromatic nitrogens is 3. The molecule has 36 heavy (non-hydrogen) atoms. The van der Waals surface area contributed by atoms with Gasteiger partial charge in [-0.25, -0.2) is 0 Å². The Labute approximate surface area is 184 Å². The van der Waals surface area contributed by atoms with E-state index in [2.05, 4.69) is 15.0 Å². The van der Waals surface area contributed by atoms with Crippen LogP contribution in [0.3, 0.4) is 0 Å². The first-order valence-electron chi connectivity index (χ1n) is 7.31. The van der Waals surface area contributed by atoms with Gasteiger partial charge >= 0.3 is 34.8 Å². The summed E-state index contributed by atoms with van der Waals surface area (Å²) >= 11 is 0. The number of nitro groups is 6. The molecular weight excluding hydrogens is 546 g/mol. The maximum Gasteiger partial charge on any atom is 0.636 e. The Morgan fingerprint density at radius 1 is 0.444 bits per heavy atom. The fraction of sp³-hybridized carbons (Fsp3) is 0.500. The molecule has 0 amide bonds. The molecule has 0 aliphatic rings. The summed E-state index contributed by atoms with van der Waals surface area (Å²) in [7, 11) is 0. The monoisotopic (exact) mass is 546 g/mol. The van der Waals surface area contributed by atoms with Crippen LogP contribution in [0.15, 0.2) is 0 Å². The van der Waals surface area contributed by atoms with Gasteiger partial charge in [0.15, 0.2) is 16.0 Å².